The van der Waals surface area contributed by atoms with Gasteiger partial charge in [0.2, 0.25) is 0 Å². The molecule has 0 aliphatic carbocycles. The van der Waals surface area contributed by atoms with E-state index in [1.54, 1.807) is 0 Å². The molecule has 1 aliphatic rings. The highest BCUT2D eigenvalue weighted by Gasteiger charge is 2.14. The van der Waals surface area contributed by atoms with Crippen molar-refractivity contribution in [1.82, 2.24) is 0 Å². The third-order valence-corrected chi connectivity index (χ3v) is 3.31. The zero-order chi connectivity index (χ0) is 10.8. The Bertz CT molecular complexity index is 482. The van der Waals surface area contributed by atoms with Gasteiger partial charge in [-0.1, -0.05) is 36.4 Å². The van der Waals surface area contributed by atoms with Crippen molar-refractivity contribution < 1.29 is 5.32 Å². The molecule has 2 aromatic rings. The third kappa shape index (κ3) is 1.65. The van der Waals surface area contributed by atoms with E-state index in [-0.39, 0.29) is 0 Å². The van der Waals surface area contributed by atoms with Crippen molar-refractivity contribution in [3.63, 3.8) is 0 Å². The van der Waals surface area contributed by atoms with E-state index in [0.29, 0.717) is 0 Å². The number of quaternary nitrogens is 1. The lowest BCUT2D eigenvalue weighted by Crippen LogP contribution is -2.89. The average Bonchev–Trinajstić information content (AvgIpc) is 2.39. The van der Waals surface area contributed by atoms with E-state index in [1.165, 1.54) is 29.5 Å². The SMILES string of the molecule is c1ccc2c(N3CC[NH2+]CC3)cccc2c1. The molecule has 0 spiro atoms. The van der Waals surface area contributed by atoms with Crippen LogP contribution < -0.4 is 10.2 Å². The summed E-state index contributed by atoms with van der Waals surface area (Å²) in [6.45, 7) is 4.74. The Kier molecular flexibility index (Phi) is 2.50. The number of nitrogens with two attached hydrogens (primary N) is 1. The first-order valence-corrected chi connectivity index (χ1v) is 5.99. The van der Waals surface area contributed by atoms with Gasteiger partial charge in [0.1, 0.15) is 0 Å². The van der Waals surface area contributed by atoms with Crippen LogP contribution in [0.1, 0.15) is 0 Å². The molecule has 0 amide bonds. The number of piperazine rings is 1. The van der Waals surface area contributed by atoms with Crippen LogP contribution in [0, 0.1) is 0 Å². The molecular formula is C14H17N2+. The van der Waals surface area contributed by atoms with Gasteiger partial charge in [-0.25, -0.2) is 0 Å². The maximum atomic E-state index is 2.50. The van der Waals surface area contributed by atoms with E-state index in [1.807, 2.05) is 0 Å². The van der Waals surface area contributed by atoms with Crippen molar-refractivity contribution in [2.24, 2.45) is 0 Å². The van der Waals surface area contributed by atoms with Gasteiger partial charge in [0.15, 0.2) is 0 Å². The van der Waals surface area contributed by atoms with E-state index < -0.39 is 0 Å². The van der Waals surface area contributed by atoms with E-state index in [0.717, 1.165) is 13.1 Å². The summed E-state index contributed by atoms with van der Waals surface area (Å²) in [5.74, 6) is 0. The van der Waals surface area contributed by atoms with Crippen molar-refractivity contribution in [3.05, 3.63) is 42.5 Å². The highest BCUT2D eigenvalue weighted by molar-refractivity contribution is 5.94. The predicted molar refractivity (Wildman–Crippen MR) is 67.8 cm³/mol. The number of fused-ring (bicyclic) bond motifs is 1. The number of rotatable bonds is 1. The molecular weight excluding hydrogens is 196 g/mol. The molecule has 2 nitrogen and oxygen atoms in total. The minimum Gasteiger partial charge on any atom is -0.360 e. The molecule has 0 bridgehead atoms. The van der Waals surface area contributed by atoms with Crippen LogP contribution in [0.4, 0.5) is 5.69 Å². The summed E-state index contributed by atoms with van der Waals surface area (Å²) in [6.07, 6.45) is 0. The topological polar surface area (TPSA) is 19.9 Å². The Hall–Kier alpha value is -1.54. The Labute approximate surface area is 95.9 Å². The van der Waals surface area contributed by atoms with Crippen LogP contribution >= 0.6 is 0 Å². The van der Waals surface area contributed by atoms with Crippen LogP contribution in [0.3, 0.4) is 0 Å². The van der Waals surface area contributed by atoms with Crippen LogP contribution in [0.2, 0.25) is 0 Å². The fraction of sp³-hybridized carbons (Fsp3) is 0.286. The summed E-state index contributed by atoms with van der Waals surface area (Å²) in [5.41, 5.74) is 1.39. The van der Waals surface area contributed by atoms with Gasteiger partial charge in [0.25, 0.3) is 0 Å². The zero-order valence-electron chi connectivity index (χ0n) is 9.39. The van der Waals surface area contributed by atoms with Gasteiger partial charge >= 0.3 is 0 Å². The molecule has 2 heteroatoms. The number of hydrogen-bond acceptors (Lipinski definition) is 1. The maximum absolute atomic E-state index is 2.50. The predicted octanol–water partition coefficient (Wildman–Crippen LogP) is 1.22. The Balaban J connectivity index is 2.08. The Morgan fingerprint density at radius 2 is 1.62 bits per heavy atom. The van der Waals surface area contributed by atoms with Gasteiger partial charge < -0.3 is 10.2 Å². The molecule has 0 radical (unpaired) electrons. The van der Waals surface area contributed by atoms with E-state index in [4.69, 9.17) is 0 Å². The number of anilines is 1. The van der Waals surface area contributed by atoms with Gasteiger partial charge in [0.05, 0.1) is 26.2 Å². The number of benzene rings is 2. The molecule has 1 saturated heterocycles. The summed E-state index contributed by atoms with van der Waals surface area (Å²) < 4.78 is 0. The van der Waals surface area contributed by atoms with E-state index >= 15 is 0 Å². The monoisotopic (exact) mass is 213 g/mol. The minimum absolute atomic E-state index is 1.16. The molecule has 0 aromatic heterocycles. The standard InChI is InChI=1S/C14H16N2/c1-2-6-13-12(4-1)5-3-7-14(13)16-10-8-15-9-11-16/h1-7,15H,8-11H2/p+1. The molecule has 0 atom stereocenters. The first-order chi connectivity index (χ1) is 7.95. The van der Waals surface area contributed by atoms with Crippen molar-refractivity contribution in [2.75, 3.05) is 31.1 Å². The molecule has 1 aliphatic heterocycles. The molecule has 2 N–H and O–H groups in total. The fourth-order valence-electron chi connectivity index (χ4n) is 2.48. The van der Waals surface area contributed by atoms with E-state index in [9.17, 15) is 0 Å². The lowest BCUT2D eigenvalue weighted by atomic mass is 10.1. The van der Waals surface area contributed by atoms with Gasteiger partial charge in [-0.2, -0.15) is 0 Å². The summed E-state index contributed by atoms with van der Waals surface area (Å²) in [7, 11) is 0. The Morgan fingerprint density at radius 1 is 0.875 bits per heavy atom. The summed E-state index contributed by atoms with van der Waals surface area (Å²) in [5, 5.41) is 5.11. The zero-order valence-corrected chi connectivity index (χ0v) is 9.39. The van der Waals surface area contributed by atoms with Crippen molar-refractivity contribution in [2.45, 2.75) is 0 Å². The summed E-state index contributed by atoms with van der Waals surface area (Å²) in [4.78, 5) is 2.50. The van der Waals surface area contributed by atoms with Gasteiger partial charge in [0, 0.05) is 11.1 Å². The van der Waals surface area contributed by atoms with Crippen LogP contribution in [0.25, 0.3) is 10.8 Å². The minimum atomic E-state index is 1.16. The Morgan fingerprint density at radius 3 is 2.50 bits per heavy atom. The van der Waals surface area contributed by atoms with Gasteiger partial charge in [-0.05, 0) is 11.5 Å². The smallest absolute Gasteiger partial charge is 0.0934 e. The average molecular weight is 213 g/mol. The molecule has 0 unspecified atom stereocenters. The lowest BCUT2D eigenvalue weighted by Gasteiger charge is -2.28. The molecule has 0 saturated carbocycles. The van der Waals surface area contributed by atoms with Crippen molar-refractivity contribution >= 4 is 16.5 Å². The molecule has 16 heavy (non-hydrogen) atoms. The molecule has 2 aromatic carbocycles. The largest absolute Gasteiger partial charge is 0.360 e. The second kappa shape index (κ2) is 4.14. The molecule has 82 valence electrons. The molecule has 1 fully saturated rings. The first-order valence-electron chi connectivity index (χ1n) is 5.99. The van der Waals surface area contributed by atoms with Crippen molar-refractivity contribution in [1.29, 1.82) is 0 Å². The normalized spacial score (nSPS) is 16.6. The fourth-order valence-corrected chi connectivity index (χ4v) is 2.48. The van der Waals surface area contributed by atoms with Crippen LogP contribution in [-0.4, -0.2) is 26.2 Å². The summed E-state index contributed by atoms with van der Waals surface area (Å²) >= 11 is 0. The maximum Gasteiger partial charge on any atom is 0.0934 e. The third-order valence-electron chi connectivity index (χ3n) is 3.31. The van der Waals surface area contributed by atoms with Crippen LogP contribution in [0.15, 0.2) is 42.5 Å². The highest BCUT2D eigenvalue weighted by Crippen LogP contribution is 2.26. The second-order valence-electron chi connectivity index (χ2n) is 4.35. The van der Waals surface area contributed by atoms with Crippen LogP contribution in [-0.2, 0) is 0 Å². The lowest BCUT2D eigenvalue weighted by molar-refractivity contribution is -0.655. The first kappa shape index (κ1) is 9.67. The van der Waals surface area contributed by atoms with Gasteiger partial charge in [-0.15, -0.1) is 0 Å². The van der Waals surface area contributed by atoms with Gasteiger partial charge in [-0.3, -0.25) is 0 Å². The number of hydrogen-bond donors (Lipinski definition) is 1. The summed E-state index contributed by atoms with van der Waals surface area (Å²) in [6, 6.07) is 15.2. The van der Waals surface area contributed by atoms with Crippen LogP contribution in [0.5, 0.6) is 0 Å². The quantitative estimate of drug-likeness (QED) is 0.755. The molecule has 1 heterocycles. The van der Waals surface area contributed by atoms with E-state index in [2.05, 4.69) is 52.7 Å². The molecule has 3 rings (SSSR count). The number of nitrogens with zero attached hydrogens (tertiary/aromatic N) is 1. The van der Waals surface area contributed by atoms with Crippen molar-refractivity contribution in [3.8, 4) is 0 Å². The highest BCUT2D eigenvalue weighted by atomic mass is 15.2. The second-order valence-corrected chi connectivity index (χ2v) is 4.35.